The van der Waals surface area contributed by atoms with Gasteiger partial charge in [0.15, 0.2) is 0 Å². The Bertz CT molecular complexity index is 956. The Hall–Kier alpha value is -3.21. The van der Waals surface area contributed by atoms with E-state index in [1.54, 1.807) is 36.5 Å². The molecule has 27 heavy (non-hydrogen) atoms. The van der Waals surface area contributed by atoms with E-state index in [0.29, 0.717) is 30.0 Å². The minimum atomic E-state index is -0.249. The average Bonchev–Trinajstić information content (AvgIpc) is 2.73. The number of amides is 1. The first-order chi connectivity index (χ1) is 13.2. The van der Waals surface area contributed by atoms with Crippen molar-refractivity contribution in [1.82, 2.24) is 4.98 Å². The number of hydrogen-bond donors (Lipinski definition) is 1. The molecule has 0 bridgehead atoms. The highest BCUT2D eigenvalue weighted by molar-refractivity contribution is 6.06. The van der Waals surface area contributed by atoms with E-state index in [-0.39, 0.29) is 11.7 Å². The lowest BCUT2D eigenvalue weighted by atomic mass is 10.0. The number of anilines is 2. The lowest BCUT2D eigenvalue weighted by Gasteiger charge is -2.29. The van der Waals surface area contributed by atoms with E-state index in [2.05, 4.69) is 16.4 Å². The standard InChI is InChI=1S/C22H20FN3O/c23-19-9-3-1-7-17(19)14-24-21-12-11-18(15-25-21)22(27)26-13-5-8-16-6-2-4-10-20(16)26/h1-4,6-7,9-12,15H,5,8,13-14H2,(H,24,25). The maximum absolute atomic E-state index is 13.7. The third-order valence-corrected chi connectivity index (χ3v) is 4.78. The summed E-state index contributed by atoms with van der Waals surface area (Å²) < 4.78 is 13.7. The molecule has 4 rings (SSSR count). The van der Waals surface area contributed by atoms with Crippen molar-refractivity contribution in [3.05, 3.63) is 89.4 Å². The number of pyridine rings is 1. The first-order valence-corrected chi connectivity index (χ1v) is 9.05. The fraction of sp³-hybridized carbons (Fsp3) is 0.182. The molecule has 0 saturated heterocycles. The molecule has 136 valence electrons. The van der Waals surface area contributed by atoms with Crippen LogP contribution in [0.15, 0.2) is 66.9 Å². The topological polar surface area (TPSA) is 45.2 Å². The molecular formula is C22H20FN3O. The predicted molar refractivity (Wildman–Crippen MR) is 104 cm³/mol. The Kier molecular flexibility index (Phi) is 4.83. The van der Waals surface area contributed by atoms with Crippen molar-refractivity contribution in [3.8, 4) is 0 Å². The van der Waals surface area contributed by atoms with Gasteiger partial charge in [0.2, 0.25) is 0 Å². The molecule has 0 radical (unpaired) electrons. The van der Waals surface area contributed by atoms with E-state index >= 15 is 0 Å². The summed E-state index contributed by atoms with van der Waals surface area (Å²) in [6.45, 7) is 1.05. The van der Waals surface area contributed by atoms with Crippen LogP contribution in [0.1, 0.15) is 27.9 Å². The second-order valence-corrected chi connectivity index (χ2v) is 6.57. The lowest BCUT2D eigenvalue weighted by Crippen LogP contribution is -2.35. The highest BCUT2D eigenvalue weighted by atomic mass is 19.1. The molecular weight excluding hydrogens is 341 g/mol. The van der Waals surface area contributed by atoms with E-state index in [0.717, 1.165) is 18.5 Å². The van der Waals surface area contributed by atoms with Crippen LogP contribution in [0, 0.1) is 5.82 Å². The van der Waals surface area contributed by atoms with Gasteiger partial charge in [0.25, 0.3) is 5.91 Å². The quantitative estimate of drug-likeness (QED) is 0.748. The maximum atomic E-state index is 13.7. The summed E-state index contributed by atoms with van der Waals surface area (Å²) in [6.07, 6.45) is 3.53. The fourth-order valence-electron chi connectivity index (χ4n) is 3.35. The number of rotatable bonds is 4. The zero-order chi connectivity index (χ0) is 18.6. The number of hydrogen-bond acceptors (Lipinski definition) is 3. The van der Waals surface area contributed by atoms with Gasteiger partial charge in [-0.2, -0.15) is 0 Å². The van der Waals surface area contributed by atoms with Crippen molar-refractivity contribution in [2.24, 2.45) is 0 Å². The number of carbonyl (C=O) groups excluding carboxylic acids is 1. The van der Waals surface area contributed by atoms with Crippen LogP contribution in [0.5, 0.6) is 0 Å². The van der Waals surface area contributed by atoms with E-state index in [1.165, 1.54) is 11.6 Å². The van der Waals surface area contributed by atoms with Crippen molar-refractivity contribution in [2.75, 3.05) is 16.8 Å². The summed E-state index contributed by atoms with van der Waals surface area (Å²) in [5, 5.41) is 3.09. The molecule has 0 unspecified atom stereocenters. The van der Waals surface area contributed by atoms with E-state index < -0.39 is 0 Å². The number of nitrogens with zero attached hydrogens (tertiary/aromatic N) is 2. The summed E-state index contributed by atoms with van der Waals surface area (Å²) in [7, 11) is 0. The largest absolute Gasteiger partial charge is 0.366 e. The molecule has 3 aromatic rings. The summed E-state index contributed by atoms with van der Waals surface area (Å²) in [6, 6.07) is 18.2. The third-order valence-electron chi connectivity index (χ3n) is 4.78. The van der Waals surface area contributed by atoms with Crippen LogP contribution in [0.3, 0.4) is 0 Å². The monoisotopic (exact) mass is 361 g/mol. The minimum absolute atomic E-state index is 0.0460. The summed E-state index contributed by atoms with van der Waals surface area (Å²) in [4.78, 5) is 19.0. The molecule has 1 amide bonds. The Balaban J connectivity index is 1.46. The fourth-order valence-corrected chi connectivity index (χ4v) is 3.35. The Labute approximate surface area is 157 Å². The van der Waals surface area contributed by atoms with E-state index in [1.807, 2.05) is 23.1 Å². The van der Waals surface area contributed by atoms with Gasteiger partial charge in [-0.15, -0.1) is 0 Å². The average molecular weight is 361 g/mol. The van der Waals surface area contributed by atoms with Gasteiger partial charge in [-0.3, -0.25) is 4.79 Å². The molecule has 0 atom stereocenters. The molecule has 1 N–H and O–H groups in total. The molecule has 1 aliphatic heterocycles. The highest BCUT2D eigenvalue weighted by Gasteiger charge is 2.23. The molecule has 1 aliphatic rings. The van der Waals surface area contributed by atoms with E-state index in [4.69, 9.17) is 0 Å². The highest BCUT2D eigenvalue weighted by Crippen LogP contribution is 2.28. The summed E-state index contributed by atoms with van der Waals surface area (Å²) in [5.74, 6) is 0.310. The lowest BCUT2D eigenvalue weighted by molar-refractivity contribution is 0.0985. The first kappa shape index (κ1) is 17.2. The normalized spacial score (nSPS) is 13.1. The van der Waals surface area contributed by atoms with Crippen molar-refractivity contribution in [1.29, 1.82) is 0 Å². The zero-order valence-electron chi connectivity index (χ0n) is 14.9. The number of nitrogens with one attached hydrogen (secondary N) is 1. The second-order valence-electron chi connectivity index (χ2n) is 6.57. The van der Waals surface area contributed by atoms with Gasteiger partial charge in [-0.25, -0.2) is 9.37 Å². The smallest absolute Gasteiger partial charge is 0.259 e. The molecule has 2 aromatic carbocycles. The molecule has 0 spiro atoms. The van der Waals surface area contributed by atoms with Crippen molar-refractivity contribution in [2.45, 2.75) is 19.4 Å². The van der Waals surface area contributed by atoms with Crippen LogP contribution in [0.25, 0.3) is 0 Å². The molecule has 0 aliphatic carbocycles. The van der Waals surface area contributed by atoms with Crippen LogP contribution >= 0.6 is 0 Å². The van der Waals surface area contributed by atoms with Gasteiger partial charge in [0.05, 0.1) is 5.56 Å². The van der Waals surface area contributed by atoms with Gasteiger partial charge in [0, 0.05) is 30.5 Å². The first-order valence-electron chi connectivity index (χ1n) is 9.05. The van der Waals surface area contributed by atoms with Crippen LogP contribution in [-0.2, 0) is 13.0 Å². The Morgan fingerprint density at radius 1 is 1.07 bits per heavy atom. The van der Waals surface area contributed by atoms with Crippen LogP contribution in [0.2, 0.25) is 0 Å². The Morgan fingerprint density at radius 2 is 1.89 bits per heavy atom. The minimum Gasteiger partial charge on any atom is -0.366 e. The van der Waals surface area contributed by atoms with Gasteiger partial charge >= 0.3 is 0 Å². The van der Waals surface area contributed by atoms with Gasteiger partial charge in [-0.1, -0.05) is 36.4 Å². The number of aryl methyl sites for hydroxylation is 1. The number of fused-ring (bicyclic) bond motifs is 1. The molecule has 5 heteroatoms. The number of para-hydroxylation sites is 1. The van der Waals surface area contributed by atoms with Gasteiger partial charge < -0.3 is 10.2 Å². The summed E-state index contributed by atoms with van der Waals surface area (Å²) in [5.41, 5.74) is 3.30. The molecule has 1 aromatic heterocycles. The van der Waals surface area contributed by atoms with Gasteiger partial charge in [-0.05, 0) is 42.7 Å². The SMILES string of the molecule is O=C(c1ccc(NCc2ccccc2F)nc1)N1CCCc2ccccc21. The predicted octanol–water partition coefficient (Wildman–Crippen LogP) is 4.43. The number of carbonyl (C=O) groups is 1. The number of aromatic nitrogens is 1. The Morgan fingerprint density at radius 3 is 2.70 bits per heavy atom. The molecule has 4 nitrogen and oxygen atoms in total. The van der Waals surface area contributed by atoms with Crippen LogP contribution < -0.4 is 10.2 Å². The maximum Gasteiger partial charge on any atom is 0.259 e. The number of halogens is 1. The van der Waals surface area contributed by atoms with E-state index in [9.17, 15) is 9.18 Å². The van der Waals surface area contributed by atoms with Gasteiger partial charge in [0.1, 0.15) is 11.6 Å². The second kappa shape index (κ2) is 7.58. The van der Waals surface area contributed by atoms with Crippen molar-refractivity contribution >= 4 is 17.4 Å². The third kappa shape index (κ3) is 3.67. The summed E-state index contributed by atoms with van der Waals surface area (Å²) >= 11 is 0. The number of benzene rings is 2. The molecule has 0 saturated carbocycles. The van der Waals surface area contributed by atoms with Crippen LogP contribution in [0.4, 0.5) is 15.9 Å². The van der Waals surface area contributed by atoms with Crippen molar-refractivity contribution < 1.29 is 9.18 Å². The zero-order valence-corrected chi connectivity index (χ0v) is 14.9. The van der Waals surface area contributed by atoms with Crippen molar-refractivity contribution in [3.63, 3.8) is 0 Å². The van der Waals surface area contributed by atoms with Crippen LogP contribution in [-0.4, -0.2) is 17.4 Å². The molecule has 2 heterocycles. The molecule has 0 fully saturated rings.